The third kappa shape index (κ3) is 3.53. The molecule has 0 aliphatic rings. The van der Waals surface area contributed by atoms with Gasteiger partial charge in [0.05, 0.1) is 11.7 Å². The van der Waals surface area contributed by atoms with E-state index in [0.29, 0.717) is 12.3 Å². The van der Waals surface area contributed by atoms with Gasteiger partial charge in [-0.15, -0.1) is 11.3 Å². The Kier molecular flexibility index (Phi) is 4.51. The molecular formula is C18H18N2OS. The maximum absolute atomic E-state index is 9.49. The van der Waals surface area contributed by atoms with Crippen LogP contribution in [0.4, 0.5) is 0 Å². The lowest BCUT2D eigenvalue weighted by molar-refractivity contribution is 0.473. The van der Waals surface area contributed by atoms with Gasteiger partial charge in [0.25, 0.3) is 0 Å². The average molecular weight is 310 g/mol. The Morgan fingerprint density at radius 3 is 2.73 bits per heavy atom. The molecule has 2 aromatic carbocycles. The lowest BCUT2D eigenvalue weighted by Crippen LogP contribution is -2.17. The van der Waals surface area contributed by atoms with Crippen LogP contribution in [-0.2, 0) is 6.54 Å². The van der Waals surface area contributed by atoms with Crippen molar-refractivity contribution in [3.05, 3.63) is 70.5 Å². The van der Waals surface area contributed by atoms with Crippen LogP contribution >= 0.6 is 11.3 Å². The number of rotatable bonds is 5. The fraction of sp³-hybridized carbons (Fsp3) is 0.167. The van der Waals surface area contributed by atoms with Gasteiger partial charge in [-0.3, -0.25) is 0 Å². The monoisotopic (exact) mass is 310 g/mol. The van der Waals surface area contributed by atoms with E-state index in [1.807, 2.05) is 30.3 Å². The summed E-state index contributed by atoms with van der Waals surface area (Å²) in [7, 11) is 0. The third-order valence-electron chi connectivity index (χ3n) is 3.48. The molecule has 2 N–H and O–H groups in total. The highest BCUT2D eigenvalue weighted by molar-refractivity contribution is 7.10. The summed E-state index contributed by atoms with van der Waals surface area (Å²) in [6.07, 6.45) is 0. The molecule has 0 aliphatic heterocycles. The summed E-state index contributed by atoms with van der Waals surface area (Å²) in [5.41, 5.74) is 3.23. The molecule has 0 bridgehead atoms. The highest BCUT2D eigenvalue weighted by Gasteiger charge is 2.11. The molecule has 0 aliphatic carbocycles. The third-order valence-corrected chi connectivity index (χ3v) is 4.51. The van der Waals surface area contributed by atoms with Crippen molar-refractivity contribution in [1.82, 2.24) is 10.3 Å². The van der Waals surface area contributed by atoms with Gasteiger partial charge in [-0.1, -0.05) is 42.5 Å². The Balaban J connectivity index is 1.66. The molecule has 1 aromatic heterocycles. The SMILES string of the molecule is C[C@H](NCc1cccc(O)c1)c1nc(-c2ccccc2)cs1. The van der Waals surface area contributed by atoms with Gasteiger partial charge in [-0.05, 0) is 24.6 Å². The number of nitrogens with one attached hydrogen (secondary N) is 1. The Morgan fingerprint density at radius 2 is 1.95 bits per heavy atom. The summed E-state index contributed by atoms with van der Waals surface area (Å²) < 4.78 is 0. The van der Waals surface area contributed by atoms with E-state index in [2.05, 4.69) is 29.8 Å². The van der Waals surface area contributed by atoms with E-state index in [-0.39, 0.29) is 6.04 Å². The summed E-state index contributed by atoms with van der Waals surface area (Å²) in [6.45, 7) is 2.81. The van der Waals surface area contributed by atoms with Gasteiger partial charge >= 0.3 is 0 Å². The zero-order chi connectivity index (χ0) is 15.4. The Morgan fingerprint density at radius 1 is 1.14 bits per heavy atom. The fourth-order valence-corrected chi connectivity index (χ4v) is 3.11. The molecule has 0 amide bonds. The van der Waals surface area contributed by atoms with Gasteiger partial charge in [-0.2, -0.15) is 0 Å². The molecule has 0 saturated carbocycles. The maximum atomic E-state index is 9.49. The van der Waals surface area contributed by atoms with Crippen molar-refractivity contribution in [2.24, 2.45) is 0 Å². The summed E-state index contributed by atoms with van der Waals surface area (Å²) in [6, 6.07) is 17.7. The number of thiazole rings is 1. The lowest BCUT2D eigenvalue weighted by Gasteiger charge is -2.11. The second kappa shape index (κ2) is 6.73. The molecule has 3 nitrogen and oxygen atoms in total. The first-order valence-corrected chi connectivity index (χ1v) is 8.12. The number of phenolic OH excluding ortho intramolecular Hbond substituents is 1. The number of phenols is 1. The van der Waals surface area contributed by atoms with Crippen LogP contribution in [0.2, 0.25) is 0 Å². The second-order valence-corrected chi connectivity index (χ2v) is 6.10. The molecular weight excluding hydrogens is 292 g/mol. The van der Waals surface area contributed by atoms with Crippen LogP contribution in [0.1, 0.15) is 23.5 Å². The molecule has 112 valence electrons. The van der Waals surface area contributed by atoms with E-state index in [1.54, 1.807) is 23.5 Å². The van der Waals surface area contributed by atoms with Gasteiger partial charge in [-0.25, -0.2) is 4.98 Å². The van der Waals surface area contributed by atoms with Gasteiger partial charge in [0.1, 0.15) is 10.8 Å². The van der Waals surface area contributed by atoms with Crippen LogP contribution < -0.4 is 5.32 Å². The van der Waals surface area contributed by atoms with Gasteiger partial charge in [0, 0.05) is 17.5 Å². The number of benzene rings is 2. The molecule has 1 atom stereocenters. The summed E-state index contributed by atoms with van der Waals surface area (Å²) in [5, 5.41) is 16.1. The van der Waals surface area contributed by atoms with Crippen molar-refractivity contribution in [2.45, 2.75) is 19.5 Å². The molecule has 22 heavy (non-hydrogen) atoms. The molecule has 0 saturated heterocycles. The molecule has 3 aromatic rings. The van der Waals surface area contributed by atoms with Crippen LogP contribution in [0.15, 0.2) is 60.0 Å². The Labute approximate surface area is 134 Å². The van der Waals surface area contributed by atoms with Gasteiger partial charge in [0.2, 0.25) is 0 Å². The molecule has 0 fully saturated rings. The van der Waals surface area contributed by atoms with Crippen LogP contribution in [0.25, 0.3) is 11.3 Å². The summed E-state index contributed by atoms with van der Waals surface area (Å²) in [4.78, 5) is 4.72. The van der Waals surface area contributed by atoms with Crippen LogP contribution in [-0.4, -0.2) is 10.1 Å². The standard InChI is InChI=1S/C18H18N2OS/c1-13(19-11-14-6-5-9-16(21)10-14)18-20-17(12-22-18)15-7-3-2-4-8-15/h2-10,12-13,19,21H,11H2,1H3/t13-/m0/s1. The van der Waals surface area contributed by atoms with Crippen molar-refractivity contribution >= 4 is 11.3 Å². The van der Waals surface area contributed by atoms with E-state index >= 15 is 0 Å². The fourth-order valence-electron chi connectivity index (χ4n) is 2.25. The van der Waals surface area contributed by atoms with Crippen molar-refractivity contribution in [3.63, 3.8) is 0 Å². The van der Waals surface area contributed by atoms with Crippen LogP contribution in [0, 0.1) is 0 Å². The van der Waals surface area contributed by atoms with Crippen LogP contribution in [0.5, 0.6) is 5.75 Å². The van der Waals surface area contributed by atoms with Crippen molar-refractivity contribution < 1.29 is 5.11 Å². The van der Waals surface area contributed by atoms with Crippen molar-refractivity contribution in [3.8, 4) is 17.0 Å². The summed E-state index contributed by atoms with van der Waals surface area (Å²) in [5.74, 6) is 0.299. The zero-order valence-corrected chi connectivity index (χ0v) is 13.2. The largest absolute Gasteiger partial charge is 0.508 e. The number of aromatic nitrogens is 1. The maximum Gasteiger partial charge on any atom is 0.115 e. The van der Waals surface area contributed by atoms with Gasteiger partial charge < -0.3 is 10.4 Å². The molecule has 0 spiro atoms. The molecule has 3 rings (SSSR count). The van der Waals surface area contributed by atoms with Crippen molar-refractivity contribution in [2.75, 3.05) is 0 Å². The highest BCUT2D eigenvalue weighted by atomic mass is 32.1. The lowest BCUT2D eigenvalue weighted by atomic mass is 10.2. The zero-order valence-electron chi connectivity index (χ0n) is 12.4. The molecule has 0 unspecified atom stereocenters. The second-order valence-electron chi connectivity index (χ2n) is 5.21. The van der Waals surface area contributed by atoms with E-state index in [9.17, 15) is 5.11 Å². The predicted molar refractivity (Wildman–Crippen MR) is 90.9 cm³/mol. The molecule has 1 heterocycles. The van der Waals surface area contributed by atoms with Crippen molar-refractivity contribution in [1.29, 1.82) is 0 Å². The van der Waals surface area contributed by atoms with Crippen LogP contribution in [0.3, 0.4) is 0 Å². The highest BCUT2D eigenvalue weighted by Crippen LogP contribution is 2.25. The predicted octanol–water partition coefficient (Wildman–Crippen LogP) is 4.37. The minimum absolute atomic E-state index is 0.171. The van der Waals surface area contributed by atoms with E-state index in [1.165, 1.54) is 0 Å². The molecule has 4 heteroatoms. The minimum atomic E-state index is 0.171. The quantitative estimate of drug-likeness (QED) is 0.735. The van der Waals surface area contributed by atoms with E-state index in [4.69, 9.17) is 4.98 Å². The smallest absolute Gasteiger partial charge is 0.115 e. The van der Waals surface area contributed by atoms with E-state index in [0.717, 1.165) is 21.8 Å². The van der Waals surface area contributed by atoms with Gasteiger partial charge in [0.15, 0.2) is 0 Å². The number of hydrogen-bond acceptors (Lipinski definition) is 4. The first-order valence-electron chi connectivity index (χ1n) is 7.24. The molecule has 0 radical (unpaired) electrons. The Bertz CT molecular complexity index is 740. The minimum Gasteiger partial charge on any atom is -0.508 e. The topological polar surface area (TPSA) is 45.1 Å². The average Bonchev–Trinajstić information content (AvgIpc) is 3.04. The first kappa shape index (κ1) is 14.8. The first-order chi connectivity index (χ1) is 10.7. The summed E-state index contributed by atoms with van der Waals surface area (Å²) >= 11 is 1.67. The normalized spacial score (nSPS) is 12.2. The van der Waals surface area contributed by atoms with E-state index < -0.39 is 0 Å². The number of nitrogens with zero attached hydrogens (tertiary/aromatic N) is 1. The Hall–Kier alpha value is -2.17. The number of hydrogen-bond donors (Lipinski definition) is 2. The number of aromatic hydroxyl groups is 1.